The Morgan fingerprint density at radius 3 is 2.12 bits per heavy atom. The third-order valence-electron chi connectivity index (χ3n) is 3.57. The smallest absolute Gasteiger partial charge is 0.288 e. The Morgan fingerprint density at radius 1 is 1.21 bits per heavy atom. The molecule has 132 valence electrons. The molecule has 0 radical (unpaired) electrons. The van der Waals surface area contributed by atoms with E-state index >= 15 is 0 Å². The number of halogens is 4. The summed E-state index contributed by atoms with van der Waals surface area (Å²) in [4.78, 5) is 9.54. The molecule has 0 bridgehead atoms. The minimum absolute atomic E-state index is 0.354. The number of nitrogens with zero attached hydrogens (tertiary/aromatic N) is 3. The van der Waals surface area contributed by atoms with Crippen LogP contribution < -0.4 is 0 Å². The van der Waals surface area contributed by atoms with Crippen molar-refractivity contribution in [2.24, 2.45) is 0 Å². The highest BCUT2D eigenvalue weighted by Crippen LogP contribution is 2.64. The highest BCUT2D eigenvalue weighted by atomic mass is 31.2. The van der Waals surface area contributed by atoms with Crippen LogP contribution in [0.25, 0.3) is 0 Å². The normalized spacial score (nSPS) is 20.0. The number of hydrogen-bond donors (Lipinski definition) is 0. The Morgan fingerprint density at radius 2 is 1.75 bits per heavy atom. The quantitative estimate of drug-likeness (QED) is 0.252. The average molecular weight is 369 g/mol. The molecule has 1 unspecified atom stereocenters. The molecule has 1 aromatic rings. The molecule has 24 heavy (non-hydrogen) atoms. The molecule has 0 aromatic heterocycles. The van der Waals surface area contributed by atoms with Crippen molar-refractivity contribution in [2.75, 3.05) is 26.2 Å². The predicted molar refractivity (Wildman–Crippen MR) is 73.7 cm³/mol. The standard InChI is InChI=1S/C12H12F4N3O4P/c13-9-7-8(1-2-10(9)19(20)21)11(12(14,15)16)23-24(22,17-3-4-17)18-5-6-18/h1-2,7,11H,3-6H2. The average Bonchev–Trinajstić information content (AvgIpc) is 3.35. The Bertz CT molecular complexity index is 705. The van der Waals surface area contributed by atoms with Crippen molar-refractivity contribution in [3.8, 4) is 0 Å². The molecular weight excluding hydrogens is 357 g/mol. The van der Waals surface area contributed by atoms with Crippen molar-refractivity contribution in [2.45, 2.75) is 12.3 Å². The highest BCUT2D eigenvalue weighted by Gasteiger charge is 2.55. The van der Waals surface area contributed by atoms with Crippen LogP contribution in [-0.4, -0.2) is 46.6 Å². The van der Waals surface area contributed by atoms with Gasteiger partial charge in [0.1, 0.15) is 0 Å². The summed E-state index contributed by atoms with van der Waals surface area (Å²) in [7, 11) is -3.81. The number of alkyl halides is 3. The molecule has 2 fully saturated rings. The number of benzene rings is 1. The number of nitro benzene ring substituents is 1. The van der Waals surface area contributed by atoms with E-state index in [1.807, 2.05) is 0 Å². The first-order valence-electron chi connectivity index (χ1n) is 6.93. The Labute approximate surface area is 133 Å². The molecule has 2 aliphatic rings. The van der Waals surface area contributed by atoms with Gasteiger partial charge in [0.05, 0.1) is 4.92 Å². The third kappa shape index (κ3) is 3.30. The van der Waals surface area contributed by atoms with E-state index in [-0.39, 0.29) is 0 Å². The van der Waals surface area contributed by atoms with Gasteiger partial charge in [-0.1, -0.05) is 0 Å². The van der Waals surface area contributed by atoms with Crippen LogP contribution in [0.3, 0.4) is 0 Å². The Balaban J connectivity index is 1.94. The second kappa shape index (κ2) is 5.76. The van der Waals surface area contributed by atoms with Gasteiger partial charge in [-0.15, -0.1) is 0 Å². The van der Waals surface area contributed by atoms with Crippen molar-refractivity contribution in [1.82, 2.24) is 9.34 Å². The van der Waals surface area contributed by atoms with Crippen molar-refractivity contribution >= 4 is 13.4 Å². The lowest BCUT2D eigenvalue weighted by atomic mass is 10.1. The fraction of sp³-hybridized carbons (Fsp3) is 0.500. The molecule has 1 atom stereocenters. The zero-order chi connectivity index (χ0) is 17.7. The summed E-state index contributed by atoms with van der Waals surface area (Å²) >= 11 is 0. The summed E-state index contributed by atoms with van der Waals surface area (Å²) in [5.41, 5.74) is -1.62. The van der Waals surface area contributed by atoms with Gasteiger partial charge in [-0.25, -0.2) is 9.34 Å². The van der Waals surface area contributed by atoms with E-state index in [4.69, 9.17) is 4.52 Å². The largest absolute Gasteiger partial charge is 0.419 e. The van der Waals surface area contributed by atoms with Gasteiger partial charge >= 0.3 is 19.5 Å². The van der Waals surface area contributed by atoms with Crippen LogP contribution in [0.15, 0.2) is 18.2 Å². The maximum absolute atomic E-state index is 13.7. The number of rotatable bonds is 6. The molecular formula is C12H12F4N3O4P. The monoisotopic (exact) mass is 369 g/mol. The maximum atomic E-state index is 13.7. The van der Waals surface area contributed by atoms with Crippen LogP contribution in [0.5, 0.6) is 0 Å². The lowest BCUT2D eigenvalue weighted by Crippen LogP contribution is -2.25. The van der Waals surface area contributed by atoms with Gasteiger partial charge < -0.3 is 0 Å². The van der Waals surface area contributed by atoms with Crippen LogP contribution in [0.4, 0.5) is 23.2 Å². The molecule has 1 aromatic carbocycles. The lowest BCUT2D eigenvalue weighted by Gasteiger charge is -2.27. The fourth-order valence-corrected chi connectivity index (χ4v) is 4.52. The van der Waals surface area contributed by atoms with Crippen LogP contribution in [0, 0.1) is 15.9 Å². The van der Waals surface area contributed by atoms with Gasteiger partial charge in [-0.2, -0.15) is 17.6 Å². The van der Waals surface area contributed by atoms with Crippen molar-refractivity contribution in [1.29, 1.82) is 0 Å². The minimum atomic E-state index is -4.95. The molecule has 0 aliphatic carbocycles. The second-order valence-corrected chi connectivity index (χ2v) is 7.72. The van der Waals surface area contributed by atoms with Gasteiger partial charge in [0.2, 0.25) is 5.82 Å². The fourth-order valence-electron chi connectivity index (χ4n) is 2.19. The molecule has 2 saturated heterocycles. The Kier molecular flexibility index (Phi) is 4.15. The predicted octanol–water partition coefficient (Wildman–Crippen LogP) is 3.09. The molecule has 0 spiro atoms. The van der Waals surface area contributed by atoms with E-state index in [0.717, 1.165) is 6.07 Å². The van der Waals surface area contributed by atoms with E-state index in [2.05, 4.69) is 0 Å². The summed E-state index contributed by atoms with van der Waals surface area (Å²) in [5, 5.41) is 10.6. The first-order chi connectivity index (χ1) is 11.1. The first kappa shape index (κ1) is 17.3. The highest BCUT2D eigenvalue weighted by molar-refractivity contribution is 7.54. The molecule has 0 N–H and O–H groups in total. The topological polar surface area (TPSA) is 75.5 Å². The van der Waals surface area contributed by atoms with Crippen LogP contribution in [0.1, 0.15) is 11.7 Å². The van der Waals surface area contributed by atoms with Crippen LogP contribution in [0.2, 0.25) is 0 Å². The van der Waals surface area contributed by atoms with Gasteiger partial charge in [0.15, 0.2) is 6.10 Å². The summed E-state index contributed by atoms with van der Waals surface area (Å²) in [5.74, 6) is -1.41. The number of nitro groups is 1. The first-order valence-corrected chi connectivity index (χ1v) is 8.46. The molecule has 7 nitrogen and oxygen atoms in total. The van der Waals surface area contributed by atoms with Gasteiger partial charge in [-0.3, -0.25) is 19.2 Å². The zero-order valence-corrected chi connectivity index (χ0v) is 13.0. The molecule has 12 heteroatoms. The number of hydrogen-bond acceptors (Lipinski definition) is 4. The minimum Gasteiger partial charge on any atom is -0.288 e. The molecule has 2 heterocycles. The molecule has 0 amide bonds. The second-order valence-electron chi connectivity index (χ2n) is 5.39. The molecule has 2 aliphatic heterocycles. The van der Waals surface area contributed by atoms with Gasteiger partial charge in [0, 0.05) is 32.2 Å². The van der Waals surface area contributed by atoms with Crippen molar-refractivity contribution < 1.29 is 31.6 Å². The van der Waals surface area contributed by atoms with Gasteiger partial charge in [0.25, 0.3) is 0 Å². The van der Waals surface area contributed by atoms with Crippen molar-refractivity contribution in [3.63, 3.8) is 0 Å². The summed E-state index contributed by atoms with van der Waals surface area (Å²) in [6.45, 7) is 1.42. The SMILES string of the molecule is O=[N+]([O-])c1ccc(C(OP(=O)(N2CC2)N2CC2)C(F)(F)F)cc1F. The lowest BCUT2D eigenvalue weighted by molar-refractivity contribution is -0.387. The van der Waals surface area contributed by atoms with E-state index in [9.17, 15) is 32.2 Å². The molecule has 3 rings (SSSR count). The summed E-state index contributed by atoms with van der Waals surface area (Å²) < 4.78 is 74.0. The zero-order valence-electron chi connectivity index (χ0n) is 12.1. The van der Waals surface area contributed by atoms with Gasteiger partial charge in [-0.05, 0) is 17.7 Å². The van der Waals surface area contributed by atoms with E-state index < -0.39 is 41.9 Å². The van der Waals surface area contributed by atoms with Crippen LogP contribution in [-0.2, 0) is 9.09 Å². The summed E-state index contributed by atoms with van der Waals surface area (Å²) in [6, 6.07) is 1.78. The van der Waals surface area contributed by atoms with Crippen LogP contribution >= 0.6 is 7.67 Å². The summed E-state index contributed by atoms with van der Waals surface area (Å²) in [6.07, 6.45) is -7.59. The van der Waals surface area contributed by atoms with E-state index in [0.29, 0.717) is 38.3 Å². The van der Waals surface area contributed by atoms with E-state index in [1.165, 1.54) is 9.34 Å². The molecule has 0 saturated carbocycles. The Hall–Kier alpha value is -1.55. The van der Waals surface area contributed by atoms with Crippen molar-refractivity contribution in [3.05, 3.63) is 39.7 Å². The maximum Gasteiger partial charge on any atom is 0.419 e. The van der Waals surface area contributed by atoms with E-state index in [1.54, 1.807) is 0 Å². The third-order valence-corrected chi connectivity index (χ3v) is 6.29.